The summed E-state index contributed by atoms with van der Waals surface area (Å²) in [6.45, 7) is 8.43. The van der Waals surface area contributed by atoms with Crippen molar-refractivity contribution in [1.29, 1.82) is 0 Å². The largest absolute Gasteiger partial charge is 0.478 e. The molecule has 5 heteroatoms. The second kappa shape index (κ2) is 6.52. The van der Waals surface area contributed by atoms with Gasteiger partial charge in [-0.05, 0) is 51.5 Å². The summed E-state index contributed by atoms with van der Waals surface area (Å²) < 4.78 is 0. The Bertz CT molecular complexity index is 504. The number of aromatic carboxylic acids is 1. The number of rotatable bonds is 5. The Balaban J connectivity index is 2.54. The molecule has 0 aliphatic rings. The average molecular weight is 278 g/mol. The lowest BCUT2D eigenvalue weighted by molar-refractivity contribution is -0.116. The van der Waals surface area contributed by atoms with Crippen molar-refractivity contribution in [2.24, 2.45) is 0 Å². The molecule has 5 nitrogen and oxygen atoms in total. The van der Waals surface area contributed by atoms with Crippen LogP contribution in [-0.4, -0.2) is 29.1 Å². The predicted octanol–water partition coefficient (Wildman–Crippen LogP) is 2.41. The maximum atomic E-state index is 11.8. The summed E-state index contributed by atoms with van der Waals surface area (Å²) in [4.78, 5) is 22.7. The van der Waals surface area contributed by atoms with Crippen molar-refractivity contribution in [3.05, 3.63) is 29.3 Å². The summed E-state index contributed by atoms with van der Waals surface area (Å²) in [5.41, 5.74) is 1.48. The van der Waals surface area contributed by atoms with Crippen molar-refractivity contribution in [3.63, 3.8) is 0 Å². The number of carboxylic acid groups (broad SMARTS) is 1. The Morgan fingerprint density at radius 1 is 1.25 bits per heavy atom. The molecule has 0 heterocycles. The molecular weight excluding hydrogens is 256 g/mol. The first kappa shape index (κ1) is 16.2. The second-order valence-electron chi connectivity index (χ2n) is 5.81. The van der Waals surface area contributed by atoms with E-state index in [0.717, 1.165) is 0 Å². The molecule has 0 unspecified atom stereocenters. The molecule has 0 fully saturated rings. The molecule has 0 bridgehead atoms. The number of hydrogen-bond donors (Lipinski definition) is 3. The Kier molecular flexibility index (Phi) is 5.27. The van der Waals surface area contributed by atoms with Crippen LogP contribution >= 0.6 is 0 Å². The molecule has 0 aromatic heterocycles. The molecule has 0 saturated heterocycles. The Morgan fingerprint density at radius 3 is 2.40 bits per heavy atom. The van der Waals surface area contributed by atoms with Gasteiger partial charge in [0.2, 0.25) is 5.91 Å². The first-order chi connectivity index (χ1) is 9.19. The highest BCUT2D eigenvalue weighted by molar-refractivity contribution is 5.93. The number of carboxylic acids is 1. The molecule has 1 rings (SSSR count). The summed E-state index contributed by atoms with van der Waals surface area (Å²) in [7, 11) is 0. The number of anilines is 1. The summed E-state index contributed by atoms with van der Waals surface area (Å²) in [6, 6.07) is 4.77. The lowest BCUT2D eigenvalue weighted by Crippen LogP contribution is -2.37. The molecule has 0 aliphatic heterocycles. The fraction of sp³-hybridized carbons (Fsp3) is 0.467. The first-order valence-corrected chi connectivity index (χ1v) is 6.58. The molecular formula is C15H22N2O3. The Hall–Kier alpha value is -1.88. The van der Waals surface area contributed by atoms with Gasteiger partial charge in [-0.2, -0.15) is 0 Å². The highest BCUT2D eigenvalue weighted by atomic mass is 16.4. The number of carbonyl (C=O) groups is 2. The highest BCUT2D eigenvalue weighted by Crippen LogP contribution is 2.15. The van der Waals surface area contributed by atoms with Gasteiger partial charge in [-0.25, -0.2) is 4.79 Å². The van der Waals surface area contributed by atoms with Crippen LogP contribution in [0, 0.1) is 6.92 Å². The summed E-state index contributed by atoms with van der Waals surface area (Å²) >= 11 is 0. The molecule has 1 aromatic carbocycles. The van der Waals surface area contributed by atoms with Gasteiger partial charge in [0.1, 0.15) is 0 Å². The van der Waals surface area contributed by atoms with Crippen molar-refractivity contribution in [2.45, 2.75) is 39.7 Å². The van der Waals surface area contributed by atoms with E-state index < -0.39 is 5.97 Å². The third kappa shape index (κ3) is 5.40. The van der Waals surface area contributed by atoms with Crippen LogP contribution in [0.1, 0.15) is 43.1 Å². The monoisotopic (exact) mass is 278 g/mol. The third-order valence-electron chi connectivity index (χ3n) is 2.75. The molecule has 0 saturated carbocycles. The van der Waals surface area contributed by atoms with Gasteiger partial charge < -0.3 is 15.7 Å². The Morgan fingerprint density at radius 2 is 1.90 bits per heavy atom. The van der Waals surface area contributed by atoms with Crippen LogP contribution in [0.4, 0.5) is 5.69 Å². The molecule has 20 heavy (non-hydrogen) atoms. The molecule has 0 atom stereocenters. The van der Waals surface area contributed by atoms with E-state index in [9.17, 15) is 9.59 Å². The van der Waals surface area contributed by atoms with E-state index in [2.05, 4.69) is 10.6 Å². The van der Waals surface area contributed by atoms with Gasteiger partial charge in [0.15, 0.2) is 0 Å². The molecule has 1 aromatic rings. The zero-order valence-corrected chi connectivity index (χ0v) is 12.4. The van der Waals surface area contributed by atoms with E-state index in [1.54, 1.807) is 19.1 Å². The fourth-order valence-electron chi connectivity index (χ4n) is 1.76. The molecule has 3 N–H and O–H groups in total. The van der Waals surface area contributed by atoms with Crippen molar-refractivity contribution < 1.29 is 14.7 Å². The molecule has 0 aliphatic carbocycles. The maximum Gasteiger partial charge on any atom is 0.335 e. The maximum absolute atomic E-state index is 11.8. The smallest absolute Gasteiger partial charge is 0.335 e. The van der Waals surface area contributed by atoms with Crippen LogP contribution in [0.15, 0.2) is 18.2 Å². The average Bonchev–Trinajstić information content (AvgIpc) is 2.26. The number of amides is 1. The molecule has 1 amide bonds. The van der Waals surface area contributed by atoms with Crippen LogP contribution in [0.3, 0.4) is 0 Å². The zero-order valence-electron chi connectivity index (χ0n) is 12.4. The minimum absolute atomic E-state index is 0.0139. The number of hydrogen-bond acceptors (Lipinski definition) is 3. The van der Waals surface area contributed by atoms with E-state index in [0.29, 0.717) is 24.2 Å². The summed E-state index contributed by atoms with van der Waals surface area (Å²) in [6.07, 6.45) is 0.372. The minimum Gasteiger partial charge on any atom is -0.478 e. The number of nitrogens with one attached hydrogen (secondary N) is 2. The summed E-state index contributed by atoms with van der Waals surface area (Å²) in [5.74, 6) is -1.06. The predicted molar refractivity (Wildman–Crippen MR) is 79.1 cm³/mol. The zero-order chi connectivity index (χ0) is 15.3. The van der Waals surface area contributed by atoms with E-state index >= 15 is 0 Å². The van der Waals surface area contributed by atoms with Gasteiger partial charge in [0.05, 0.1) is 5.56 Å². The van der Waals surface area contributed by atoms with E-state index in [1.165, 1.54) is 6.07 Å². The topological polar surface area (TPSA) is 78.4 Å². The van der Waals surface area contributed by atoms with Crippen LogP contribution < -0.4 is 10.6 Å². The van der Waals surface area contributed by atoms with Crippen molar-refractivity contribution in [1.82, 2.24) is 5.32 Å². The van der Waals surface area contributed by atoms with E-state index in [1.807, 2.05) is 20.8 Å². The minimum atomic E-state index is -0.963. The third-order valence-corrected chi connectivity index (χ3v) is 2.75. The lowest BCUT2D eigenvalue weighted by atomic mass is 10.1. The molecule has 0 radical (unpaired) electrons. The molecule has 0 spiro atoms. The quantitative estimate of drug-likeness (QED) is 0.773. The van der Waals surface area contributed by atoms with Crippen LogP contribution in [0.25, 0.3) is 0 Å². The normalized spacial score (nSPS) is 11.2. The van der Waals surface area contributed by atoms with Gasteiger partial charge in [0.25, 0.3) is 0 Å². The van der Waals surface area contributed by atoms with Crippen LogP contribution in [0.5, 0.6) is 0 Å². The standard InChI is InChI=1S/C15H22N2O3/c1-10-9-11(5-6-12(10)14(19)20)17-13(18)7-8-16-15(2,3)4/h5-6,9,16H,7-8H2,1-4H3,(H,17,18)(H,19,20). The first-order valence-electron chi connectivity index (χ1n) is 6.58. The number of aryl methyl sites for hydroxylation is 1. The van der Waals surface area contributed by atoms with Gasteiger partial charge in [-0.1, -0.05) is 0 Å². The van der Waals surface area contributed by atoms with Gasteiger partial charge >= 0.3 is 5.97 Å². The van der Waals surface area contributed by atoms with E-state index in [4.69, 9.17) is 5.11 Å². The van der Waals surface area contributed by atoms with E-state index in [-0.39, 0.29) is 17.0 Å². The van der Waals surface area contributed by atoms with Crippen molar-refractivity contribution >= 4 is 17.6 Å². The SMILES string of the molecule is Cc1cc(NC(=O)CCNC(C)(C)C)ccc1C(=O)O. The van der Waals surface area contributed by atoms with Crippen LogP contribution in [-0.2, 0) is 4.79 Å². The van der Waals surface area contributed by atoms with Gasteiger partial charge in [-0.15, -0.1) is 0 Å². The number of benzene rings is 1. The van der Waals surface area contributed by atoms with Crippen LogP contribution in [0.2, 0.25) is 0 Å². The van der Waals surface area contributed by atoms with Crippen molar-refractivity contribution in [2.75, 3.05) is 11.9 Å². The Labute approximate surface area is 119 Å². The van der Waals surface area contributed by atoms with Gasteiger partial charge in [0, 0.05) is 24.2 Å². The number of carbonyl (C=O) groups excluding carboxylic acids is 1. The molecule has 110 valence electrons. The highest BCUT2D eigenvalue weighted by Gasteiger charge is 2.11. The summed E-state index contributed by atoms with van der Waals surface area (Å²) in [5, 5.41) is 14.9. The lowest BCUT2D eigenvalue weighted by Gasteiger charge is -2.20. The fourth-order valence-corrected chi connectivity index (χ4v) is 1.76. The van der Waals surface area contributed by atoms with Crippen molar-refractivity contribution in [3.8, 4) is 0 Å². The van der Waals surface area contributed by atoms with Gasteiger partial charge in [-0.3, -0.25) is 4.79 Å². The second-order valence-corrected chi connectivity index (χ2v) is 5.81.